The van der Waals surface area contributed by atoms with Crippen molar-refractivity contribution >= 4 is 17.7 Å². The van der Waals surface area contributed by atoms with E-state index in [1.807, 2.05) is 17.8 Å². The number of rotatable bonds is 9. The molecule has 0 aliphatic heterocycles. The second kappa shape index (κ2) is 8.12. The predicted octanol–water partition coefficient (Wildman–Crippen LogP) is 0.638. The third-order valence-electron chi connectivity index (χ3n) is 2.40. The molecule has 0 spiro atoms. The fraction of sp³-hybridized carbons (Fsp3) is 0.636. The first-order valence-electron chi connectivity index (χ1n) is 5.66. The van der Waals surface area contributed by atoms with Gasteiger partial charge < -0.3 is 19.3 Å². The number of thioether (sulfide) groups is 1. The van der Waals surface area contributed by atoms with Gasteiger partial charge in [0.1, 0.15) is 0 Å². The van der Waals surface area contributed by atoms with E-state index in [0.717, 1.165) is 24.8 Å². The van der Waals surface area contributed by atoms with Crippen LogP contribution in [-0.4, -0.2) is 65.1 Å². The molecule has 1 aromatic rings. The number of methoxy groups -OCH3 is 1. The van der Waals surface area contributed by atoms with Crippen LogP contribution in [0.1, 0.15) is 0 Å². The van der Waals surface area contributed by atoms with Gasteiger partial charge in [-0.15, -0.1) is 0 Å². The normalized spacial score (nSPS) is 11.1. The number of carboxylic acids is 1. The molecule has 0 aliphatic rings. The van der Waals surface area contributed by atoms with Crippen molar-refractivity contribution in [1.82, 2.24) is 14.5 Å². The highest BCUT2D eigenvalue weighted by Crippen LogP contribution is 2.15. The van der Waals surface area contributed by atoms with Gasteiger partial charge in [0.2, 0.25) is 0 Å². The molecule has 0 aromatic carbocycles. The molecule has 102 valence electrons. The summed E-state index contributed by atoms with van der Waals surface area (Å²) in [4.78, 5) is 16.8. The predicted molar refractivity (Wildman–Crippen MR) is 70.0 cm³/mol. The highest BCUT2D eigenvalue weighted by Gasteiger charge is 2.07. The van der Waals surface area contributed by atoms with Crippen LogP contribution >= 0.6 is 11.8 Å². The molecule has 0 aliphatic carbocycles. The number of aliphatic carboxylic acids is 1. The largest absolute Gasteiger partial charge is 0.481 e. The molecular weight excluding hydrogens is 254 g/mol. The third kappa shape index (κ3) is 5.52. The van der Waals surface area contributed by atoms with E-state index < -0.39 is 5.97 Å². The van der Waals surface area contributed by atoms with Crippen LogP contribution in [0.15, 0.2) is 17.6 Å². The molecule has 0 amide bonds. The molecule has 0 saturated heterocycles. The fourth-order valence-electron chi connectivity index (χ4n) is 1.37. The Morgan fingerprint density at radius 3 is 3.06 bits per heavy atom. The number of nitrogens with zero attached hydrogens (tertiary/aromatic N) is 3. The zero-order valence-electron chi connectivity index (χ0n) is 10.7. The lowest BCUT2D eigenvalue weighted by atomic mass is 10.5. The maximum absolute atomic E-state index is 10.5. The van der Waals surface area contributed by atoms with Gasteiger partial charge >= 0.3 is 5.97 Å². The second-order valence-electron chi connectivity index (χ2n) is 3.88. The molecule has 0 bridgehead atoms. The Morgan fingerprint density at radius 2 is 2.39 bits per heavy atom. The van der Waals surface area contributed by atoms with E-state index in [2.05, 4.69) is 9.88 Å². The highest BCUT2D eigenvalue weighted by molar-refractivity contribution is 7.99. The van der Waals surface area contributed by atoms with Crippen LogP contribution < -0.4 is 0 Å². The molecule has 1 aromatic heterocycles. The Bertz CT molecular complexity index is 370. The summed E-state index contributed by atoms with van der Waals surface area (Å²) >= 11 is 1.24. The Morgan fingerprint density at radius 1 is 1.61 bits per heavy atom. The van der Waals surface area contributed by atoms with Crippen molar-refractivity contribution < 1.29 is 14.6 Å². The molecule has 0 atom stereocenters. The van der Waals surface area contributed by atoms with E-state index in [1.54, 1.807) is 13.3 Å². The van der Waals surface area contributed by atoms with Crippen LogP contribution in [0.2, 0.25) is 0 Å². The molecule has 0 saturated carbocycles. The van der Waals surface area contributed by atoms with Gasteiger partial charge in [0, 0.05) is 39.1 Å². The number of carbonyl (C=O) groups is 1. The molecule has 1 heterocycles. The molecular formula is C11H19N3O3S. The van der Waals surface area contributed by atoms with E-state index in [-0.39, 0.29) is 5.75 Å². The number of imidazole rings is 1. The second-order valence-corrected chi connectivity index (χ2v) is 4.82. The maximum Gasteiger partial charge on any atom is 0.313 e. The zero-order chi connectivity index (χ0) is 13.4. The lowest BCUT2D eigenvalue weighted by Gasteiger charge is -2.16. The molecule has 7 heteroatoms. The summed E-state index contributed by atoms with van der Waals surface area (Å²) in [5, 5.41) is 9.39. The number of hydrogen-bond acceptors (Lipinski definition) is 5. The summed E-state index contributed by atoms with van der Waals surface area (Å²) in [6.07, 6.45) is 3.56. The van der Waals surface area contributed by atoms with Gasteiger partial charge in [-0.3, -0.25) is 4.79 Å². The summed E-state index contributed by atoms with van der Waals surface area (Å²) in [6, 6.07) is 0. The highest BCUT2D eigenvalue weighted by atomic mass is 32.2. The van der Waals surface area contributed by atoms with Crippen molar-refractivity contribution in [2.24, 2.45) is 0 Å². The van der Waals surface area contributed by atoms with E-state index >= 15 is 0 Å². The monoisotopic (exact) mass is 273 g/mol. The Labute approximate surface area is 111 Å². The van der Waals surface area contributed by atoms with Gasteiger partial charge in [-0.25, -0.2) is 4.98 Å². The molecule has 18 heavy (non-hydrogen) atoms. The standard InChI is InChI=1S/C11H19N3O3S/c1-13(7-8-17-2)5-6-14-4-3-12-11(14)18-9-10(15)16/h3-4H,5-9H2,1-2H3,(H,15,16). The van der Waals surface area contributed by atoms with E-state index in [1.165, 1.54) is 11.8 Å². The van der Waals surface area contributed by atoms with Crippen molar-refractivity contribution in [2.75, 3.05) is 39.6 Å². The summed E-state index contributed by atoms with van der Waals surface area (Å²) in [7, 11) is 3.71. The van der Waals surface area contributed by atoms with Gasteiger partial charge in [0.25, 0.3) is 0 Å². The van der Waals surface area contributed by atoms with E-state index in [4.69, 9.17) is 9.84 Å². The lowest BCUT2D eigenvalue weighted by Crippen LogP contribution is -2.26. The molecule has 0 fully saturated rings. The van der Waals surface area contributed by atoms with Gasteiger partial charge in [0.05, 0.1) is 12.4 Å². The molecule has 6 nitrogen and oxygen atoms in total. The minimum absolute atomic E-state index is 0.0382. The van der Waals surface area contributed by atoms with Crippen LogP contribution in [0.5, 0.6) is 0 Å². The minimum Gasteiger partial charge on any atom is -0.481 e. The quantitative estimate of drug-likeness (QED) is 0.666. The molecule has 1 N–H and O–H groups in total. The maximum atomic E-state index is 10.5. The van der Waals surface area contributed by atoms with E-state index in [9.17, 15) is 4.79 Å². The summed E-state index contributed by atoms with van der Waals surface area (Å²) in [5.74, 6) is -0.789. The lowest BCUT2D eigenvalue weighted by molar-refractivity contribution is -0.133. The van der Waals surface area contributed by atoms with Crippen LogP contribution in [-0.2, 0) is 16.1 Å². The molecule has 0 unspecified atom stereocenters. The fourth-order valence-corrected chi connectivity index (χ4v) is 2.08. The summed E-state index contributed by atoms with van der Waals surface area (Å²) in [6.45, 7) is 3.26. The SMILES string of the molecule is COCCN(C)CCn1ccnc1SCC(=O)O. The van der Waals surface area contributed by atoms with E-state index in [0.29, 0.717) is 6.61 Å². The number of carboxylic acid groups (broad SMARTS) is 1. The number of aromatic nitrogens is 2. The number of likely N-dealkylation sites (N-methyl/N-ethyl adjacent to an activating group) is 1. The van der Waals surface area contributed by atoms with Gasteiger partial charge in [-0.1, -0.05) is 11.8 Å². The average molecular weight is 273 g/mol. The first-order valence-corrected chi connectivity index (χ1v) is 6.65. The van der Waals surface area contributed by atoms with Crippen molar-refractivity contribution in [3.8, 4) is 0 Å². The van der Waals surface area contributed by atoms with Gasteiger partial charge in [0.15, 0.2) is 5.16 Å². The van der Waals surface area contributed by atoms with Gasteiger partial charge in [-0.05, 0) is 7.05 Å². The van der Waals surface area contributed by atoms with Crippen LogP contribution in [0.3, 0.4) is 0 Å². The molecule has 1 rings (SSSR count). The van der Waals surface area contributed by atoms with Crippen LogP contribution in [0, 0.1) is 0 Å². The topological polar surface area (TPSA) is 67.6 Å². The Hall–Kier alpha value is -1.05. The van der Waals surface area contributed by atoms with Crippen molar-refractivity contribution in [1.29, 1.82) is 0 Å². The smallest absolute Gasteiger partial charge is 0.313 e. The van der Waals surface area contributed by atoms with Crippen molar-refractivity contribution in [3.63, 3.8) is 0 Å². The first kappa shape index (κ1) is 15.0. The number of hydrogen-bond donors (Lipinski definition) is 1. The summed E-state index contributed by atoms with van der Waals surface area (Å²) < 4.78 is 6.98. The minimum atomic E-state index is -0.827. The van der Waals surface area contributed by atoms with Crippen LogP contribution in [0.4, 0.5) is 0 Å². The average Bonchev–Trinajstić information content (AvgIpc) is 2.78. The van der Waals surface area contributed by atoms with Gasteiger partial charge in [-0.2, -0.15) is 0 Å². The van der Waals surface area contributed by atoms with Crippen molar-refractivity contribution in [2.45, 2.75) is 11.7 Å². The zero-order valence-corrected chi connectivity index (χ0v) is 11.5. The Kier molecular flexibility index (Phi) is 6.77. The third-order valence-corrected chi connectivity index (χ3v) is 3.39. The summed E-state index contributed by atoms with van der Waals surface area (Å²) in [5.41, 5.74) is 0. The van der Waals surface area contributed by atoms with Crippen LogP contribution in [0.25, 0.3) is 0 Å². The van der Waals surface area contributed by atoms with Crippen molar-refractivity contribution in [3.05, 3.63) is 12.4 Å². The first-order chi connectivity index (χ1) is 8.63. The Balaban J connectivity index is 2.37. The number of ether oxygens (including phenoxy) is 1. The molecule has 0 radical (unpaired) electrons.